The number of aryl methyl sites for hydroxylation is 3. The molecule has 2 amide bonds. The summed E-state index contributed by atoms with van der Waals surface area (Å²) in [6.45, 7) is 12.1. The number of hydrogen-bond donors (Lipinski definition) is 1. The first-order chi connectivity index (χ1) is 19.0. The standard InChI is InChI=1S/C31H37Cl2N3O4S/c1-20-11-13-25(14-12-20)41(39,40)36(24-16-21(2)15-22(3)17-24)19-29(37)35(23(4)30(38)34-31(5,6)7)18-26-27(32)9-8-10-28(26)33/h8-17,23H,18-19H2,1-7H3,(H,34,38)/t23-/m0/s1. The minimum atomic E-state index is -4.16. The van der Waals surface area contributed by atoms with Crippen LogP contribution in [0.5, 0.6) is 0 Å². The van der Waals surface area contributed by atoms with Gasteiger partial charge < -0.3 is 10.2 Å². The van der Waals surface area contributed by atoms with Gasteiger partial charge in [0.1, 0.15) is 12.6 Å². The van der Waals surface area contributed by atoms with Gasteiger partial charge >= 0.3 is 0 Å². The van der Waals surface area contributed by atoms with Crippen molar-refractivity contribution in [2.75, 3.05) is 10.8 Å². The SMILES string of the molecule is Cc1ccc(S(=O)(=O)N(CC(=O)N(Cc2c(Cl)cccc2Cl)[C@@H](C)C(=O)NC(C)(C)C)c2cc(C)cc(C)c2)cc1. The Labute approximate surface area is 253 Å². The van der Waals surface area contributed by atoms with Gasteiger partial charge in [-0.3, -0.25) is 13.9 Å². The minimum absolute atomic E-state index is 0.0503. The Kier molecular flexibility index (Phi) is 10.2. The molecule has 41 heavy (non-hydrogen) atoms. The molecule has 3 aromatic carbocycles. The van der Waals surface area contributed by atoms with Crippen molar-refractivity contribution >= 4 is 50.7 Å². The normalized spacial score (nSPS) is 12.5. The quantitative estimate of drug-likeness (QED) is 0.299. The van der Waals surface area contributed by atoms with Crippen LogP contribution in [-0.2, 0) is 26.2 Å². The number of benzene rings is 3. The Morgan fingerprint density at radius 3 is 1.93 bits per heavy atom. The smallest absolute Gasteiger partial charge is 0.264 e. The predicted octanol–water partition coefficient (Wildman–Crippen LogP) is 6.45. The minimum Gasteiger partial charge on any atom is -0.350 e. The fourth-order valence-electron chi connectivity index (χ4n) is 4.37. The number of nitrogens with zero attached hydrogens (tertiary/aromatic N) is 2. The van der Waals surface area contributed by atoms with Crippen molar-refractivity contribution in [2.24, 2.45) is 0 Å². The molecule has 1 atom stereocenters. The third-order valence-electron chi connectivity index (χ3n) is 6.44. The highest BCUT2D eigenvalue weighted by Crippen LogP contribution is 2.29. The maximum Gasteiger partial charge on any atom is 0.264 e. The molecule has 0 aliphatic heterocycles. The lowest BCUT2D eigenvalue weighted by atomic mass is 10.1. The van der Waals surface area contributed by atoms with Gasteiger partial charge in [-0.25, -0.2) is 8.42 Å². The van der Waals surface area contributed by atoms with Crippen LogP contribution in [0.3, 0.4) is 0 Å². The number of carbonyl (C=O) groups is 2. The van der Waals surface area contributed by atoms with Gasteiger partial charge in [0.15, 0.2) is 0 Å². The zero-order valence-corrected chi connectivity index (χ0v) is 26.8. The fourth-order valence-corrected chi connectivity index (χ4v) is 6.29. The van der Waals surface area contributed by atoms with Gasteiger partial charge in [0.25, 0.3) is 10.0 Å². The molecule has 7 nitrogen and oxygen atoms in total. The highest BCUT2D eigenvalue weighted by Gasteiger charge is 2.34. The predicted molar refractivity (Wildman–Crippen MR) is 166 cm³/mol. The lowest BCUT2D eigenvalue weighted by Gasteiger charge is -2.34. The summed E-state index contributed by atoms with van der Waals surface area (Å²) in [5, 5.41) is 3.56. The summed E-state index contributed by atoms with van der Waals surface area (Å²) < 4.78 is 29.1. The molecule has 0 spiro atoms. The molecular weight excluding hydrogens is 581 g/mol. The first-order valence-electron chi connectivity index (χ1n) is 13.2. The number of carbonyl (C=O) groups excluding carboxylic acids is 2. The van der Waals surface area contributed by atoms with E-state index in [4.69, 9.17) is 23.2 Å². The lowest BCUT2D eigenvalue weighted by molar-refractivity contribution is -0.140. The third-order valence-corrected chi connectivity index (χ3v) is 8.93. The zero-order valence-electron chi connectivity index (χ0n) is 24.5. The van der Waals surface area contributed by atoms with E-state index >= 15 is 0 Å². The monoisotopic (exact) mass is 617 g/mol. The van der Waals surface area contributed by atoms with Crippen molar-refractivity contribution in [1.29, 1.82) is 0 Å². The summed E-state index contributed by atoms with van der Waals surface area (Å²) in [7, 11) is -4.16. The van der Waals surface area contributed by atoms with Gasteiger partial charge in [-0.1, -0.05) is 53.0 Å². The second kappa shape index (κ2) is 12.8. The Morgan fingerprint density at radius 2 is 1.41 bits per heavy atom. The second-order valence-electron chi connectivity index (χ2n) is 11.3. The molecule has 3 rings (SSSR count). The van der Waals surface area contributed by atoms with Crippen LogP contribution >= 0.6 is 23.2 Å². The summed E-state index contributed by atoms with van der Waals surface area (Å²) >= 11 is 12.9. The van der Waals surface area contributed by atoms with E-state index in [0.29, 0.717) is 21.3 Å². The van der Waals surface area contributed by atoms with E-state index in [1.165, 1.54) is 17.0 Å². The fraction of sp³-hybridized carbons (Fsp3) is 0.355. The molecule has 0 heterocycles. The molecule has 0 aliphatic carbocycles. The van der Waals surface area contributed by atoms with Gasteiger partial charge in [-0.15, -0.1) is 0 Å². The summed E-state index contributed by atoms with van der Waals surface area (Å²) in [4.78, 5) is 28.7. The summed E-state index contributed by atoms with van der Waals surface area (Å²) in [6.07, 6.45) is 0. The first-order valence-corrected chi connectivity index (χ1v) is 15.4. The van der Waals surface area contributed by atoms with E-state index in [1.54, 1.807) is 49.4 Å². The molecule has 0 fully saturated rings. The average Bonchev–Trinajstić information content (AvgIpc) is 2.85. The van der Waals surface area contributed by atoms with E-state index < -0.39 is 40.0 Å². The summed E-state index contributed by atoms with van der Waals surface area (Å²) in [5.41, 5.74) is 2.84. The van der Waals surface area contributed by atoms with E-state index in [2.05, 4.69) is 5.32 Å². The van der Waals surface area contributed by atoms with Crippen molar-refractivity contribution < 1.29 is 18.0 Å². The molecule has 0 radical (unpaired) electrons. The van der Waals surface area contributed by atoms with Crippen LogP contribution < -0.4 is 9.62 Å². The molecule has 1 N–H and O–H groups in total. The number of halogens is 2. The van der Waals surface area contributed by atoms with Crippen LogP contribution in [0.15, 0.2) is 65.6 Å². The molecule has 0 saturated heterocycles. The molecule has 0 aromatic heterocycles. The number of hydrogen-bond acceptors (Lipinski definition) is 4. The lowest BCUT2D eigenvalue weighted by Crippen LogP contribution is -2.54. The van der Waals surface area contributed by atoms with Crippen molar-refractivity contribution in [3.05, 3.63) is 93.0 Å². The maximum absolute atomic E-state index is 14.1. The van der Waals surface area contributed by atoms with Gasteiger partial charge in [-0.05, 0) is 96.0 Å². The number of nitrogens with one attached hydrogen (secondary N) is 1. The van der Waals surface area contributed by atoms with Crippen LogP contribution in [0.25, 0.3) is 0 Å². The van der Waals surface area contributed by atoms with E-state index in [0.717, 1.165) is 21.0 Å². The van der Waals surface area contributed by atoms with Gasteiger partial charge in [0.05, 0.1) is 10.6 Å². The number of amides is 2. The van der Waals surface area contributed by atoms with E-state index in [9.17, 15) is 18.0 Å². The molecule has 220 valence electrons. The summed E-state index contributed by atoms with van der Waals surface area (Å²) in [5.74, 6) is -0.985. The van der Waals surface area contributed by atoms with Crippen molar-refractivity contribution in [2.45, 2.75) is 71.5 Å². The van der Waals surface area contributed by atoms with Crippen LogP contribution in [-0.4, -0.2) is 43.3 Å². The van der Waals surface area contributed by atoms with Gasteiger partial charge in [0, 0.05) is 27.7 Å². The molecule has 3 aromatic rings. The average molecular weight is 619 g/mol. The van der Waals surface area contributed by atoms with E-state index in [-0.39, 0.29) is 11.4 Å². The van der Waals surface area contributed by atoms with Crippen LogP contribution in [0, 0.1) is 20.8 Å². The van der Waals surface area contributed by atoms with Gasteiger partial charge in [-0.2, -0.15) is 0 Å². The zero-order chi connectivity index (χ0) is 30.7. The Hall–Kier alpha value is -3.07. The number of anilines is 1. The Balaban J connectivity index is 2.11. The Morgan fingerprint density at radius 1 is 0.878 bits per heavy atom. The van der Waals surface area contributed by atoms with Crippen molar-refractivity contribution in [3.8, 4) is 0 Å². The second-order valence-corrected chi connectivity index (χ2v) is 14.0. The van der Waals surface area contributed by atoms with Crippen molar-refractivity contribution in [3.63, 3.8) is 0 Å². The van der Waals surface area contributed by atoms with E-state index in [1.807, 2.05) is 47.6 Å². The third kappa shape index (κ3) is 8.24. The largest absolute Gasteiger partial charge is 0.350 e. The highest BCUT2D eigenvalue weighted by molar-refractivity contribution is 7.92. The molecule has 10 heteroatoms. The van der Waals surface area contributed by atoms with Crippen molar-refractivity contribution in [1.82, 2.24) is 10.2 Å². The molecular formula is C31H37Cl2N3O4S. The molecule has 0 unspecified atom stereocenters. The summed E-state index contributed by atoms with van der Waals surface area (Å²) in [6, 6.07) is 15.8. The highest BCUT2D eigenvalue weighted by atomic mass is 35.5. The number of rotatable bonds is 9. The topological polar surface area (TPSA) is 86.8 Å². The molecule has 0 bridgehead atoms. The molecule has 0 aliphatic rings. The van der Waals surface area contributed by atoms with Crippen LogP contribution in [0.1, 0.15) is 49.9 Å². The van der Waals surface area contributed by atoms with Gasteiger partial charge in [0.2, 0.25) is 11.8 Å². The maximum atomic E-state index is 14.1. The first kappa shape index (κ1) is 32.4. The Bertz CT molecular complexity index is 1490. The number of sulfonamides is 1. The van der Waals surface area contributed by atoms with Crippen LogP contribution in [0.2, 0.25) is 10.0 Å². The van der Waals surface area contributed by atoms with Crippen LogP contribution in [0.4, 0.5) is 5.69 Å². The molecule has 0 saturated carbocycles.